The second-order valence-electron chi connectivity index (χ2n) is 2.50. The first-order valence-corrected chi connectivity index (χ1v) is 4.80. The number of halogens is 3. The average molecular weight is 226 g/mol. The summed E-state index contributed by atoms with van der Waals surface area (Å²) in [6.45, 7) is 0. The zero-order valence-electron chi connectivity index (χ0n) is 6.62. The maximum atomic E-state index is 12.1. The third-order valence-electron chi connectivity index (χ3n) is 1.46. The Morgan fingerprint density at radius 3 is 2.21 bits per heavy atom. The Balaban J connectivity index is 3.29. The van der Waals surface area contributed by atoms with Crippen molar-refractivity contribution in [3.05, 3.63) is 29.8 Å². The van der Waals surface area contributed by atoms with Gasteiger partial charge in [-0.15, -0.1) is 0 Å². The van der Waals surface area contributed by atoms with Crippen molar-refractivity contribution in [2.45, 2.75) is 11.1 Å². The van der Waals surface area contributed by atoms with Gasteiger partial charge in [-0.2, -0.15) is 21.6 Å². The van der Waals surface area contributed by atoms with Gasteiger partial charge < -0.3 is 0 Å². The molecule has 7 heteroatoms. The van der Waals surface area contributed by atoms with Crippen molar-refractivity contribution in [1.29, 1.82) is 0 Å². The molecule has 0 aliphatic heterocycles. The molecule has 1 rings (SSSR count). The van der Waals surface area contributed by atoms with Crippen LogP contribution in [0.15, 0.2) is 29.2 Å². The number of rotatable bonds is 1. The van der Waals surface area contributed by atoms with Gasteiger partial charge >= 0.3 is 6.18 Å². The lowest BCUT2D eigenvalue weighted by atomic mass is 10.2. The highest BCUT2D eigenvalue weighted by atomic mass is 32.2. The fourth-order valence-corrected chi connectivity index (χ4v) is 1.36. The molecular weight excluding hydrogens is 221 g/mol. The van der Waals surface area contributed by atoms with E-state index < -0.39 is 26.8 Å². The summed E-state index contributed by atoms with van der Waals surface area (Å²) in [4.78, 5) is -0.771. The summed E-state index contributed by atoms with van der Waals surface area (Å²) in [7, 11) is -4.59. The predicted octanol–water partition coefficient (Wildman–Crippen LogP) is 1.95. The van der Waals surface area contributed by atoms with Crippen LogP contribution in [0.5, 0.6) is 0 Å². The summed E-state index contributed by atoms with van der Waals surface area (Å²) < 4.78 is 65.7. The molecular formula is C7H5F3O3S. The summed E-state index contributed by atoms with van der Waals surface area (Å²) in [6.07, 6.45) is -4.62. The summed E-state index contributed by atoms with van der Waals surface area (Å²) in [5, 5.41) is 0. The molecule has 0 saturated carbocycles. The van der Waals surface area contributed by atoms with Gasteiger partial charge in [0.2, 0.25) is 0 Å². The first-order valence-electron chi connectivity index (χ1n) is 3.36. The second-order valence-corrected chi connectivity index (χ2v) is 3.92. The lowest BCUT2D eigenvalue weighted by Gasteiger charge is -2.06. The Hall–Kier alpha value is -1.08. The number of hydrogen-bond acceptors (Lipinski definition) is 2. The Morgan fingerprint density at radius 2 is 1.79 bits per heavy atom. The fraction of sp³-hybridized carbons (Fsp3) is 0.143. The van der Waals surface area contributed by atoms with Crippen LogP contribution >= 0.6 is 0 Å². The topological polar surface area (TPSA) is 54.4 Å². The molecule has 0 amide bonds. The van der Waals surface area contributed by atoms with Crippen LogP contribution in [0.3, 0.4) is 0 Å². The monoisotopic (exact) mass is 226 g/mol. The van der Waals surface area contributed by atoms with E-state index in [2.05, 4.69) is 0 Å². The van der Waals surface area contributed by atoms with E-state index in [-0.39, 0.29) is 0 Å². The van der Waals surface area contributed by atoms with Crippen molar-refractivity contribution >= 4 is 10.1 Å². The molecule has 1 aromatic rings. The Labute approximate surface area is 77.9 Å². The molecule has 14 heavy (non-hydrogen) atoms. The number of hydrogen-bond donors (Lipinski definition) is 1. The summed E-state index contributed by atoms with van der Waals surface area (Å²) in [5.74, 6) is 0. The lowest BCUT2D eigenvalue weighted by molar-refractivity contribution is -0.137. The maximum absolute atomic E-state index is 12.1. The van der Waals surface area contributed by atoms with Crippen LogP contribution in [0.25, 0.3) is 0 Å². The summed E-state index contributed by atoms with van der Waals surface area (Å²) in [5.41, 5.74) is -1.12. The Bertz CT molecular complexity index is 436. The van der Waals surface area contributed by atoms with Gasteiger partial charge in [-0.05, 0) is 18.2 Å². The van der Waals surface area contributed by atoms with Crippen LogP contribution in [0.2, 0.25) is 0 Å². The summed E-state index contributed by atoms with van der Waals surface area (Å²) in [6, 6.07) is 2.88. The van der Waals surface area contributed by atoms with Crippen molar-refractivity contribution < 1.29 is 26.1 Å². The SMILES string of the molecule is O=S(=O)(O)c1cccc(C(F)(F)F)c1. The normalized spacial score (nSPS) is 12.9. The van der Waals surface area contributed by atoms with Gasteiger partial charge in [-0.3, -0.25) is 4.55 Å². The molecule has 0 aromatic heterocycles. The highest BCUT2D eigenvalue weighted by Gasteiger charge is 2.31. The molecule has 0 saturated heterocycles. The molecule has 0 spiro atoms. The highest BCUT2D eigenvalue weighted by Crippen LogP contribution is 2.30. The largest absolute Gasteiger partial charge is 0.416 e. The molecule has 0 aliphatic carbocycles. The number of benzene rings is 1. The standard InChI is InChI=1S/C7H5F3O3S/c8-7(9,10)5-2-1-3-6(4-5)14(11,12)13/h1-4H,(H,11,12,13). The molecule has 0 radical (unpaired) electrons. The predicted molar refractivity (Wildman–Crippen MR) is 41.3 cm³/mol. The number of alkyl halides is 3. The molecule has 1 aromatic carbocycles. The summed E-state index contributed by atoms with van der Waals surface area (Å²) >= 11 is 0. The quantitative estimate of drug-likeness (QED) is 0.744. The van der Waals surface area contributed by atoms with Crippen LogP contribution in [0, 0.1) is 0 Å². The van der Waals surface area contributed by atoms with Crippen LogP contribution in [0.4, 0.5) is 13.2 Å². The zero-order chi connectivity index (χ0) is 11.0. The fourth-order valence-electron chi connectivity index (χ4n) is 0.833. The maximum Gasteiger partial charge on any atom is 0.416 e. The molecule has 1 N–H and O–H groups in total. The van der Waals surface area contributed by atoms with E-state index in [1.807, 2.05) is 0 Å². The van der Waals surface area contributed by atoms with Crippen molar-refractivity contribution in [3.63, 3.8) is 0 Å². The van der Waals surface area contributed by atoms with Crippen LogP contribution < -0.4 is 0 Å². The molecule has 0 heterocycles. The highest BCUT2D eigenvalue weighted by molar-refractivity contribution is 7.85. The van der Waals surface area contributed by atoms with Crippen molar-refractivity contribution in [3.8, 4) is 0 Å². The Kier molecular flexibility index (Phi) is 2.55. The lowest BCUT2D eigenvalue weighted by Crippen LogP contribution is -2.07. The average Bonchev–Trinajstić information content (AvgIpc) is 2.01. The minimum Gasteiger partial charge on any atom is -0.282 e. The van der Waals surface area contributed by atoms with E-state index in [0.717, 1.165) is 12.1 Å². The smallest absolute Gasteiger partial charge is 0.282 e. The molecule has 0 bridgehead atoms. The van der Waals surface area contributed by atoms with Gasteiger partial charge in [0.1, 0.15) is 0 Å². The first kappa shape index (κ1) is 11.0. The van der Waals surface area contributed by atoms with E-state index in [1.165, 1.54) is 0 Å². The van der Waals surface area contributed by atoms with Gasteiger partial charge in [0.05, 0.1) is 10.5 Å². The van der Waals surface area contributed by atoms with Gasteiger partial charge in [0.25, 0.3) is 10.1 Å². The first-order chi connectivity index (χ1) is 6.21. The van der Waals surface area contributed by atoms with Crippen LogP contribution in [-0.2, 0) is 16.3 Å². The van der Waals surface area contributed by atoms with E-state index in [9.17, 15) is 21.6 Å². The van der Waals surface area contributed by atoms with Crippen molar-refractivity contribution in [2.24, 2.45) is 0 Å². The van der Waals surface area contributed by atoms with Crippen molar-refractivity contribution in [2.75, 3.05) is 0 Å². The van der Waals surface area contributed by atoms with Crippen LogP contribution in [-0.4, -0.2) is 13.0 Å². The van der Waals surface area contributed by atoms with E-state index >= 15 is 0 Å². The van der Waals surface area contributed by atoms with E-state index in [1.54, 1.807) is 0 Å². The minimum absolute atomic E-state index is 0.370. The van der Waals surface area contributed by atoms with Gasteiger partial charge in [-0.1, -0.05) is 6.07 Å². The van der Waals surface area contributed by atoms with Crippen LogP contribution in [0.1, 0.15) is 5.56 Å². The Morgan fingerprint density at radius 1 is 1.21 bits per heavy atom. The third kappa shape index (κ3) is 2.46. The molecule has 0 atom stereocenters. The molecule has 0 unspecified atom stereocenters. The van der Waals surface area contributed by atoms with E-state index in [4.69, 9.17) is 4.55 Å². The minimum atomic E-state index is -4.62. The van der Waals surface area contributed by atoms with E-state index in [0.29, 0.717) is 12.1 Å². The molecule has 3 nitrogen and oxygen atoms in total. The van der Waals surface area contributed by atoms with Gasteiger partial charge in [0, 0.05) is 0 Å². The molecule has 0 aliphatic rings. The van der Waals surface area contributed by atoms with Gasteiger partial charge in [-0.25, -0.2) is 0 Å². The second kappa shape index (κ2) is 3.25. The third-order valence-corrected chi connectivity index (χ3v) is 2.31. The molecule has 78 valence electrons. The molecule has 0 fully saturated rings. The van der Waals surface area contributed by atoms with Crippen molar-refractivity contribution in [1.82, 2.24) is 0 Å². The van der Waals surface area contributed by atoms with Gasteiger partial charge in [0.15, 0.2) is 0 Å². The zero-order valence-corrected chi connectivity index (χ0v) is 7.43.